The number of urea groups is 1. The minimum absolute atomic E-state index is 0.0270. The number of hydrogen-bond acceptors (Lipinski definition) is 7. The number of ketones is 3. The standard InChI is InChI=1S/C41H63N3O7S/c1-7-9-18-29(35(47)32(45)21-10-8-2)26-33(46)34-31-20-17-19-30(31)27-44(34)37(48)36(40(6)22-13-11-14-23-40)42-38(49)43-41(24-15-12-16-25-41)28-52(50,51)39(3,4)5/h1,8,29-31,34,36H,2,9-28H2,3-6H3,(H2,42,43,49)/t29?,30-,31-,34-,36+/m0/s1. The molecule has 4 aliphatic rings. The van der Waals surface area contributed by atoms with E-state index >= 15 is 0 Å². The van der Waals surface area contributed by atoms with Crippen LogP contribution in [0.5, 0.6) is 0 Å². The van der Waals surface area contributed by atoms with Gasteiger partial charge in [-0.15, -0.1) is 18.9 Å². The zero-order chi connectivity index (χ0) is 38.3. The van der Waals surface area contributed by atoms with Gasteiger partial charge in [-0.1, -0.05) is 57.9 Å². The Kier molecular flexibility index (Phi) is 14.0. The number of nitrogens with zero attached hydrogens (tertiary/aromatic N) is 1. The van der Waals surface area contributed by atoms with E-state index in [1.54, 1.807) is 31.7 Å². The van der Waals surface area contributed by atoms with Crippen LogP contribution in [0.1, 0.15) is 143 Å². The zero-order valence-corrected chi connectivity index (χ0v) is 32.9. The van der Waals surface area contributed by atoms with E-state index < -0.39 is 61.1 Å². The third-order valence-electron chi connectivity index (χ3n) is 12.6. The van der Waals surface area contributed by atoms with Gasteiger partial charge in [0.1, 0.15) is 6.04 Å². The third-order valence-corrected chi connectivity index (χ3v) is 15.4. The van der Waals surface area contributed by atoms with Crippen LogP contribution in [0.25, 0.3) is 0 Å². The molecule has 0 bridgehead atoms. The van der Waals surface area contributed by atoms with Gasteiger partial charge < -0.3 is 15.5 Å². The molecule has 5 atom stereocenters. The lowest BCUT2D eigenvalue weighted by Gasteiger charge is -2.44. The van der Waals surface area contributed by atoms with Crippen LogP contribution in [0, 0.1) is 35.5 Å². The molecule has 1 unspecified atom stereocenters. The molecule has 4 fully saturated rings. The van der Waals surface area contributed by atoms with E-state index in [4.69, 9.17) is 6.42 Å². The fraction of sp³-hybridized carbons (Fsp3) is 0.780. The molecule has 2 N–H and O–H groups in total. The summed E-state index contributed by atoms with van der Waals surface area (Å²) >= 11 is 0. The first-order chi connectivity index (χ1) is 24.5. The number of Topliss-reactive ketones (excluding diaryl/α,β-unsaturated/α-hetero) is 3. The average molecular weight is 742 g/mol. The number of terminal acetylenes is 1. The molecule has 3 amide bonds. The number of allylic oxidation sites excluding steroid dienone is 1. The largest absolute Gasteiger partial charge is 0.332 e. The third kappa shape index (κ3) is 9.75. The predicted octanol–water partition coefficient (Wildman–Crippen LogP) is 6.26. The summed E-state index contributed by atoms with van der Waals surface area (Å²) in [5.41, 5.74) is -1.51. The average Bonchev–Trinajstić information content (AvgIpc) is 3.69. The van der Waals surface area contributed by atoms with Gasteiger partial charge in [-0.05, 0) is 89.4 Å². The van der Waals surface area contributed by atoms with Crippen molar-refractivity contribution in [2.45, 2.75) is 166 Å². The number of sulfone groups is 1. The quantitative estimate of drug-likeness (QED) is 0.108. The van der Waals surface area contributed by atoms with Gasteiger partial charge in [0.2, 0.25) is 11.7 Å². The summed E-state index contributed by atoms with van der Waals surface area (Å²) in [5, 5.41) is 6.16. The molecular weight excluding hydrogens is 679 g/mol. The summed E-state index contributed by atoms with van der Waals surface area (Å²) in [6.07, 6.45) is 18.3. The van der Waals surface area contributed by atoms with Gasteiger partial charge in [-0.25, -0.2) is 13.2 Å². The second kappa shape index (κ2) is 17.4. The van der Waals surface area contributed by atoms with Crippen LogP contribution in [-0.2, 0) is 29.0 Å². The Balaban J connectivity index is 1.62. The molecule has 4 rings (SSSR count). The van der Waals surface area contributed by atoms with E-state index in [1.807, 2.05) is 6.92 Å². The highest BCUT2D eigenvalue weighted by atomic mass is 32.2. The zero-order valence-electron chi connectivity index (χ0n) is 32.1. The summed E-state index contributed by atoms with van der Waals surface area (Å²) < 4.78 is 25.9. The van der Waals surface area contributed by atoms with Gasteiger partial charge in [-0.2, -0.15) is 0 Å². The normalized spacial score (nSPS) is 25.2. The number of nitrogens with one attached hydrogen (secondary N) is 2. The van der Waals surface area contributed by atoms with Crippen molar-refractivity contribution >= 4 is 39.1 Å². The molecule has 10 nitrogen and oxygen atoms in total. The lowest BCUT2D eigenvalue weighted by Crippen LogP contribution is -2.64. The number of carbonyl (C=O) groups excluding carboxylic acids is 5. The van der Waals surface area contributed by atoms with Gasteiger partial charge in [-0.3, -0.25) is 19.2 Å². The fourth-order valence-electron chi connectivity index (χ4n) is 9.35. The summed E-state index contributed by atoms with van der Waals surface area (Å²) in [5.74, 6) is -0.101. The lowest BCUT2D eigenvalue weighted by atomic mass is 9.70. The Bertz CT molecular complexity index is 1490. The Hall–Kier alpha value is -3.00. The topological polar surface area (TPSA) is 147 Å². The van der Waals surface area contributed by atoms with E-state index in [2.05, 4.69) is 23.1 Å². The Labute approximate surface area is 312 Å². The highest BCUT2D eigenvalue weighted by molar-refractivity contribution is 7.92. The molecule has 11 heteroatoms. The van der Waals surface area contributed by atoms with Gasteiger partial charge in [0.05, 0.1) is 22.1 Å². The summed E-state index contributed by atoms with van der Waals surface area (Å²) in [6.45, 7) is 11.1. The molecular formula is C41H63N3O7S. The number of hydrogen-bond donors (Lipinski definition) is 2. The number of rotatable bonds is 16. The van der Waals surface area contributed by atoms with Crippen molar-refractivity contribution in [3.63, 3.8) is 0 Å². The van der Waals surface area contributed by atoms with Crippen LogP contribution in [0.15, 0.2) is 12.7 Å². The maximum absolute atomic E-state index is 15.0. The van der Waals surface area contributed by atoms with Crippen molar-refractivity contribution in [3.05, 3.63) is 12.7 Å². The summed E-state index contributed by atoms with van der Waals surface area (Å²) in [6, 6.07) is -2.25. The lowest BCUT2D eigenvalue weighted by molar-refractivity contribution is -0.144. The monoisotopic (exact) mass is 741 g/mol. The van der Waals surface area contributed by atoms with Crippen LogP contribution in [0.3, 0.4) is 0 Å². The van der Waals surface area contributed by atoms with E-state index in [-0.39, 0.29) is 55.0 Å². The van der Waals surface area contributed by atoms with E-state index in [0.717, 1.165) is 70.6 Å². The van der Waals surface area contributed by atoms with Crippen molar-refractivity contribution in [2.75, 3.05) is 12.3 Å². The molecule has 0 aromatic heterocycles. The smallest absolute Gasteiger partial charge is 0.315 e. The van der Waals surface area contributed by atoms with E-state index in [9.17, 15) is 32.4 Å². The molecule has 1 saturated heterocycles. The van der Waals surface area contributed by atoms with Crippen LogP contribution in [-0.4, -0.2) is 77.3 Å². The predicted molar refractivity (Wildman–Crippen MR) is 203 cm³/mol. The van der Waals surface area contributed by atoms with Crippen LogP contribution in [0.4, 0.5) is 4.79 Å². The number of carbonyl (C=O) groups is 5. The molecule has 1 aliphatic heterocycles. The van der Waals surface area contributed by atoms with Gasteiger partial charge in [0.25, 0.3) is 0 Å². The van der Waals surface area contributed by atoms with Gasteiger partial charge in [0, 0.05) is 31.7 Å². The maximum Gasteiger partial charge on any atom is 0.315 e. The number of amides is 3. The molecule has 0 aromatic rings. The number of likely N-dealkylation sites (tertiary alicyclic amines) is 1. The first kappa shape index (κ1) is 41.8. The first-order valence-electron chi connectivity index (χ1n) is 19.7. The Morgan fingerprint density at radius 2 is 1.62 bits per heavy atom. The van der Waals surface area contributed by atoms with Crippen LogP contribution < -0.4 is 10.6 Å². The molecule has 1 heterocycles. The highest BCUT2D eigenvalue weighted by Crippen LogP contribution is 2.46. The highest BCUT2D eigenvalue weighted by Gasteiger charge is 2.53. The molecule has 290 valence electrons. The first-order valence-corrected chi connectivity index (χ1v) is 21.4. The van der Waals surface area contributed by atoms with E-state index in [0.29, 0.717) is 25.8 Å². The maximum atomic E-state index is 15.0. The van der Waals surface area contributed by atoms with Crippen LogP contribution in [0.2, 0.25) is 0 Å². The minimum Gasteiger partial charge on any atom is -0.332 e. The molecule has 3 saturated carbocycles. The van der Waals surface area contributed by atoms with Crippen molar-refractivity contribution in [3.8, 4) is 12.3 Å². The van der Waals surface area contributed by atoms with Gasteiger partial charge in [0.15, 0.2) is 21.4 Å². The van der Waals surface area contributed by atoms with Gasteiger partial charge >= 0.3 is 6.03 Å². The fourth-order valence-corrected chi connectivity index (χ4v) is 10.9. The van der Waals surface area contributed by atoms with Crippen molar-refractivity contribution in [2.24, 2.45) is 23.2 Å². The Morgan fingerprint density at radius 3 is 2.21 bits per heavy atom. The van der Waals surface area contributed by atoms with E-state index in [1.165, 1.54) is 0 Å². The SMILES string of the molecule is C#CCCC(CC(=O)[C@@H]1[C@H]2CCC[C@H]2CN1C(=O)[C@@H](NC(=O)NC1(CS(=O)(=O)C(C)(C)C)CCCCC1)C1(C)CCCCC1)C(=O)C(=O)CCC=C. The molecule has 52 heavy (non-hydrogen) atoms. The minimum atomic E-state index is -3.57. The Morgan fingerprint density at radius 1 is 0.981 bits per heavy atom. The summed E-state index contributed by atoms with van der Waals surface area (Å²) in [7, 11) is -3.57. The van der Waals surface area contributed by atoms with Crippen molar-refractivity contribution in [1.29, 1.82) is 0 Å². The molecule has 0 spiro atoms. The second-order valence-corrected chi connectivity index (χ2v) is 20.2. The second-order valence-electron chi connectivity index (χ2n) is 17.5. The van der Waals surface area contributed by atoms with Crippen LogP contribution >= 0.6 is 0 Å². The molecule has 3 aliphatic carbocycles. The molecule has 0 radical (unpaired) electrons. The summed E-state index contributed by atoms with van der Waals surface area (Å²) in [4.78, 5) is 71.1. The molecule has 0 aromatic carbocycles. The van der Waals surface area contributed by atoms with Crippen molar-refractivity contribution in [1.82, 2.24) is 15.5 Å². The van der Waals surface area contributed by atoms with Crippen molar-refractivity contribution < 1.29 is 32.4 Å². The number of fused-ring (bicyclic) bond motifs is 1.